The number of hydrogen-bond donors (Lipinski definition) is 1. The van der Waals surface area contributed by atoms with Gasteiger partial charge in [0.1, 0.15) is 0 Å². The Bertz CT molecular complexity index is 508. The number of methoxy groups -OCH3 is 1. The van der Waals surface area contributed by atoms with Crippen LogP contribution in [-0.2, 0) is 21.1 Å². The zero-order valence-electron chi connectivity index (χ0n) is 9.06. The first kappa shape index (κ1) is 12.7. The summed E-state index contributed by atoms with van der Waals surface area (Å²) in [4.78, 5) is 11.5. The number of carbonyl (C=O) groups is 1. The molecule has 0 aliphatic carbocycles. The lowest BCUT2D eigenvalue weighted by Crippen LogP contribution is -2.10. The first-order chi connectivity index (χ1) is 7.40. The first-order valence-electron chi connectivity index (χ1n) is 4.51. The molecule has 2 N–H and O–H groups in total. The Hall–Kier alpha value is -1.40. The van der Waals surface area contributed by atoms with Gasteiger partial charge in [0.2, 0.25) is 0 Å². The number of ether oxygens (including phenoxy) is 1. The second-order valence-electron chi connectivity index (χ2n) is 3.29. The first-order valence-corrected chi connectivity index (χ1v) is 6.40. The van der Waals surface area contributed by atoms with E-state index in [-0.39, 0.29) is 17.0 Å². The van der Waals surface area contributed by atoms with Gasteiger partial charge in [0.05, 0.1) is 17.6 Å². The predicted molar refractivity (Wildman–Crippen MR) is 58.8 cm³/mol. The Morgan fingerprint density at radius 2 is 2.06 bits per heavy atom. The lowest BCUT2D eigenvalue weighted by atomic mass is 10.1. The number of benzene rings is 1. The molecule has 1 aromatic rings. The van der Waals surface area contributed by atoms with Gasteiger partial charge in [-0.05, 0) is 23.8 Å². The van der Waals surface area contributed by atoms with Crippen LogP contribution in [0.1, 0.15) is 15.9 Å². The molecule has 0 radical (unpaired) electrons. The van der Waals surface area contributed by atoms with E-state index in [1.807, 2.05) is 0 Å². The number of carbonyl (C=O) groups excluding carboxylic acids is 1. The highest BCUT2D eigenvalue weighted by Gasteiger charge is 2.14. The second-order valence-corrected chi connectivity index (χ2v) is 5.30. The third-order valence-corrected chi connectivity index (χ3v) is 3.24. The van der Waals surface area contributed by atoms with Crippen molar-refractivity contribution in [2.75, 3.05) is 13.4 Å². The zero-order valence-corrected chi connectivity index (χ0v) is 9.87. The van der Waals surface area contributed by atoms with Crippen LogP contribution in [0, 0.1) is 0 Å². The molecule has 1 aromatic carbocycles. The summed E-state index contributed by atoms with van der Waals surface area (Å²) in [6, 6.07) is 4.16. The van der Waals surface area contributed by atoms with Crippen LogP contribution in [-0.4, -0.2) is 27.8 Å². The van der Waals surface area contributed by atoms with Crippen molar-refractivity contribution < 1.29 is 17.9 Å². The molecule has 88 valence electrons. The van der Waals surface area contributed by atoms with Crippen LogP contribution in [0.3, 0.4) is 0 Å². The van der Waals surface area contributed by atoms with E-state index in [2.05, 4.69) is 4.74 Å². The Kier molecular flexibility index (Phi) is 3.66. The average molecular weight is 243 g/mol. The smallest absolute Gasteiger partial charge is 0.338 e. The zero-order chi connectivity index (χ0) is 12.3. The van der Waals surface area contributed by atoms with Crippen molar-refractivity contribution in [1.82, 2.24) is 0 Å². The van der Waals surface area contributed by atoms with Gasteiger partial charge in [0.15, 0.2) is 9.84 Å². The van der Waals surface area contributed by atoms with Crippen molar-refractivity contribution in [1.29, 1.82) is 0 Å². The highest BCUT2D eigenvalue weighted by molar-refractivity contribution is 7.90. The Balaban J connectivity index is 3.33. The molecule has 6 heteroatoms. The van der Waals surface area contributed by atoms with E-state index in [4.69, 9.17) is 5.73 Å². The summed E-state index contributed by atoms with van der Waals surface area (Å²) in [5.74, 6) is -0.527. The molecule has 0 atom stereocenters. The molecular weight excluding hydrogens is 230 g/mol. The Morgan fingerprint density at radius 1 is 1.44 bits per heavy atom. The second kappa shape index (κ2) is 4.63. The van der Waals surface area contributed by atoms with Crippen molar-refractivity contribution in [3.05, 3.63) is 29.3 Å². The molecule has 0 spiro atoms. The SMILES string of the molecule is COC(=O)c1ccc(S(C)(=O)=O)cc1CN. The van der Waals surface area contributed by atoms with Crippen molar-refractivity contribution in [2.24, 2.45) is 5.73 Å². The van der Waals surface area contributed by atoms with Gasteiger partial charge in [-0.25, -0.2) is 13.2 Å². The molecule has 0 aliphatic heterocycles. The lowest BCUT2D eigenvalue weighted by Gasteiger charge is -2.07. The van der Waals surface area contributed by atoms with E-state index < -0.39 is 15.8 Å². The summed E-state index contributed by atoms with van der Waals surface area (Å²) in [5.41, 5.74) is 6.20. The van der Waals surface area contributed by atoms with E-state index in [1.54, 1.807) is 0 Å². The summed E-state index contributed by atoms with van der Waals surface area (Å²) in [5, 5.41) is 0. The van der Waals surface area contributed by atoms with Gasteiger partial charge in [-0.15, -0.1) is 0 Å². The van der Waals surface area contributed by atoms with Gasteiger partial charge in [-0.1, -0.05) is 0 Å². The largest absolute Gasteiger partial charge is 0.465 e. The summed E-state index contributed by atoms with van der Waals surface area (Å²) < 4.78 is 27.1. The van der Waals surface area contributed by atoms with Gasteiger partial charge in [0, 0.05) is 12.8 Å². The van der Waals surface area contributed by atoms with Crippen molar-refractivity contribution >= 4 is 15.8 Å². The van der Waals surface area contributed by atoms with Gasteiger partial charge >= 0.3 is 5.97 Å². The molecule has 0 unspecified atom stereocenters. The van der Waals surface area contributed by atoms with Crippen LogP contribution in [0.4, 0.5) is 0 Å². The molecule has 16 heavy (non-hydrogen) atoms. The highest BCUT2D eigenvalue weighted by Crippen LogP contribution is 2.16. The standard InChI is InChI=1S/C10H13NO4S/c1-15-10(12)9-4-3-8(16(2,13)14)5-7(9)6-11/h3-5H,6,11H2,1-2H3. The Morgan fingerprint density at radius 3 is 2.50 bits per heavy atom. The van der Waals surface area contributed by atoms with Gasteiger partial charge in [-0.2, -0.15) is 0 Å². The normalized spacial score (nSPS) is 11.2. The highest BCUT2D eigenvalue weighted by atomic mass is 32.2. The maximum atomic E-state index is 11.3. The third kappa shape index (κ3) is 2.59. The Labute approximate surface area is 94.1 Å². The number of hydrogen-bond acceptors (Lipinski definition) is 5. The van der Waals surface area contributed by atoms with E-state index in [0.717, 1.165) is 6.26 Å². The minimum atomic E-state index is -3.29. The fourth-order valence-corrected chi connectivity index (χ4v) is 1.95. The molecule has 0 aromatic heterocycles. The molecule has 5 nitrogen and oxygen atoms in total. The summed E-state index contributed by atoms with van der Waals surface area (Å²) in [6.45, 7) is 0.0772. The summed E-state index contributed by atoms with van der Waals surface area (Å²) in [6.07, 6.45) is 1.10. The van der Waals surface area contributed by atoms with Crippen LogP contribution in [0.2, 0.25) is 0 Å². The number of sulfone groups is 1. The van der Waals surface area contributed by atoms with Crippen molar-refractivity contribution in [3.63, 3.8) is 0 Å². The fourth-order valence-electron chi connectivity index (χ4n) is 1.28. The van der Waals surface area contributed by atoms with E-state index >= 15 is 0 Å². The molecule has 0 saturated carbocycles. The predicted octanol–water partition coefficient (Wildman–Crippen LogP) is 0.335. The van der Waals surface area contributed by atoms with Crippen molar-refractivity contribution in [2.45, 2.75) is 11.4 Å². The van der Waals surface area contributed by atoms with Crippen LogP contribution >= 0.6 is 0 Å². The van der Waals surface area contributed by atoms with Crippen molar-refractivity contribution in [3.8, 4) is 0 Å². The van der Waals surface area contributed by atoms with Crippen LogP contribution in [0.15, 0.2) is 23.1 Å². The quantitative estimate of drug-likeness (QED) is 0.773. The number of esters is 1. The van der Waals surface area contributed by atoms with Crippen LogP contribution < -0.4 is 5.73 Å². The molecule has 0 fully saturated rings. The van der Waals surface area contributed by atoms with Gasteiger partial charge < -0.3 is 10.5 Å². The lowest BCUT2D eigenvalue weighted by molar-refractivity contribution is 0.0599. The fraction of sp³-hybridized carbons (Fsp3) is 0.300. The van der Waals surface area contributed by atoms with E-state index in [9.17, 15) is 13.2 Å². The number of nitrogens with two attached hydrogens (primary N) is 1. The van der Waals surface area contributed by atoms with Gasteiger partial charge in [-0.3, -0.25) is 0 Å². The summed E-state index contributed by atoms with van der Waals surface area (Å²) >= 11 is 0. The maximum absolute atomic E-state index is 11.3. The maximum Gasteiger partial charge on any atom is 0.338 e. The molecule has 0 heterocycles. The summed E-state index contributed by atoms with van der Waals surface area (Å²) in [7, 11) is -2.04. The average Bonchev–Trinajstić information content (AvgIpc) is 2.26. The van der Waals surface area contributed by atoms with Crippen LogP contribution in [0.5, 0.6) is 0 Å². The molecule has 1 rings (SSSR count). The molecular formula is C10H13NO4S. The van der Waals surface area contributed by atoms with E-state index in [1.165, 1.54) is 25.3 Å². The molecule has 0 saturated heterocycles. The minimum absolute atomic E-state index is 0.0772. The third-order valence-electron chi connectivity index (χ3n) is 2.13. The van der Waals surface area contributed by atoms with E-state index in [0.29, 0.717) is 5.56 Å². The van der Waals surface area contributed by atoms with Crippen LogP contribution in [0.25, 0.3) is 0 Å². The molecule has 0 amide bonds. The molecule has 0 bridgehead atoms. The molecule has 0 aliphatic rings. The van der Waals surface area contributed by atoms with Gasteiger partial charge in [0.25, 0.3) is 0 Å². The topological polar surface area (TPSA) is 86.5 Å². The number of rotatable bonds is 3. The minimum Gasteiger partial charge on any atom is -0.465 e. The monoisotopic (exact) mass is 243 g/mol.